The minimum atomic E-state index is -6.35. The highest BCUT2D eigenvalue weighted by molar-refractivity contribution is 4.91. The average molecular weight is 215 g/mol. The molecule has 0 bridgehead atoms. The minimum Gasteiger partial charge on any atom is -0.317 e. The first-order valence-corrected chi connectivity index (χ1v) is 2.75. The standard InChI is InChI=1S/C4H4F7NO/c5-2(6,1-12-13)3(7,8)4(9,10)11/h12-13H,1H2. The quantitative estimate of drug-likeness (QED) is 0.555. The fraction of sp³-hybridized carbons (Fsp3) is 1.00. The van der Waals surface area contributed by atoms with Crippen molar-refractivity contribution in [2.45, 2.75) is 18.0 Å². The van der Waals surface area contributed by atoms with E-state index in [0.717, 1.165) is 0 Å². The van der Waals surface area contributed by atoms with Gasteiger partial charge in [0, 0.05) is 0 Å². The van der Waals surface area contributed by atoms with Crippen molar-refractivity contribution in [2.75, 3.05) is 6.54 Å². The largest absolute Gasteiger partial charge is 0.459 e. The molecular formula is C4H4F7NO. The van der Waals surface area contributed by atoms with Gasteiger partial charge in [-0.3, -0.25) is 0 Å². The highest BCUT2D eigenvalue weighted by atomic mass is 19.4. The SMILES string of the molecule is ONCC(F)(F)C(F)(F)C(F)(F)F. The second kappa shape index (κ2) is 3.29. The third-order valence-corrected chi connectivity index (χ3v) is 1.12. The number of hydroxylamine groups is 1. The Kier molecular flexibility index (Phi) is 3.15. The zero-order valence-corrected chi connectivity index (χ0v) is 5.80. The van der Waals surface area contributed by atoms with Crippen LogP contribution in [-0.2, 0) is 0 Å². The molecule has 0 aliphatic rings. The minimum absolute atomic E-state index is 0.556. The van der Waals surface area contributed by atoms with Gasteiger partial charge in [-0.1, -0.05) is 0 Å². The molecule has 9 heteroatoms. The predicted octanol–water partition coefficient (Wildman–Crippen LogP) is 1.80. The maximum absolute atomic E-state index is 12.0. The summed E-state index contributed by atoms with van der Waals surface area (Å²) in [6.45, 7) is -2.18. The van der Waals surface area contributed by atoms with E-state index in [4.69, 9.17) is 5.21 Å². The second-order valence-corrected chi connectivity index (χ2v) is 2.11. The summed E-state index contributed by atoms with van der Waals surface area (Å²) in [7, 11) is 0. The van der Waals surface area contributed by atoms with E-state index >= 15 is 0 Å². The van der Waals surface area contributed by atoms with Gasteiger partial charge in [-0.25, -0.2) is 0 Å². The fourth-order valence-electron chi connectivity index (χ4n) is 0.418. The molecule has 0 heterocycles. The van der Waals surface area contributed by atoms with E-state index in [-0.39, 0.29) is 0 Å². The number of rotatable bonds is 3. The molecule has 0 saturated carbocycles. The lowest BCUT2D eigenvalue weighted by atomic mass is 10.1. The van der Waals surface area contributed by atoms with E-state index in [2.05, 4.69) is 0 Å². The predicted molar refractivity (Wildman–Crippen MR) is 25.7 cm³/mol. The Morgan fingerprint density at radius 2 is 1.31 bits per heavy atom. The van der Waals surface area contributed by atoms with Crippen LogP contribution in [-0.4, -0.2) is 29.8 Å². The van der Waals surface area contributed by atoms with Crippen molar-refractivity contribution >= 4 is 0 Å². The van der Waals surface area contributed by atoms with Crippen LogP contribution in [0, 0.1) is 0 Å². The Morgan fingerprint density at radius 3 is 1.54 bits per heavy atom. The van der Waals surface area contributed by atoms with Crippen molar-refractivity contribution < 1.29 is 35.9 Å². The molecule has 0 radical (unpaired) electrons. The number of nitrogens with one attached hydrogen (secondary N) is 1. The average Bonchev–Trinajstić information content (AvgIpc) is 1.84. The van der Waals surface area contributed by atoms with Crippen LogP contribution in [0.25, 0.3) is 0 Å². The van der Waals surface area contributed by atoms with E-state index in [1.54, 1.807) is 0 Å². The highest BCUT2D eigenvalue weighted by Crippen LogP contribution is 2.45. The molecule has 0 saturated heterocycles. The van der Waals surface area contributed by atoms with Gasteiger partial charge < -0.3 is 5.21 Å². The molecule has 80 valence electrons. The second-order valence-electron chi connectivity index (χ2n) is 2.11. The molecule has 0 aromatic heterocycles. The van der Waals surface area contributed by atoms with Crippen LogP contribution >= 0.6 is 0 Å². The van der Waals surface area contributed by atoms with Crippen LogP contribution in [0.5, 0.6) is 0 Å². The summed E-state index contributed by atoms with van der Waals surface area (Å²) in [6.07, 6.45) is -6.35. The Bertz CT molecular complexity index is 176. The van der Waals surface area contributed by atoms with Gasteiger partial charge in [-0.05, 0) is 0 Å². The van der Waals surface area contributed by atoms with Gasteiger partial charge in [0.1, 0.15) is 0 Å². The summed E-state index contributed by atoms with van der Waals surface area (Å²) in [5.41, 5.74) is 0.556. The van der Waals surface area contributed by atoms with Gasteiger partial charge in [0.05, 0.1) is 6.54 Å². The van der Waals surface area contributed by atoms with Gasteiger partial charge >= 0.3 is 18.0 Å². The van der Waals surface area contributed by atoms with Crippen LogP contribution in [0.15, 0.2) is 0 Å². The lowest BCUT2D eigenvalue weighted by molar-refractivity contribution is -0.354. The topological polar surface area (TPSA) is 32.3 Å². The molecule has 0 spiro atoms. The van der Waals surface area contributed by atoms with Crippen molar-refractivity contribution in [3.8, 4) is 0 Å². The van der Waals surface area contributed by atoms with Crippen molar-refractivity contribution in [1.29, 1.82) is 0 Å². The lowest BCUT2D eigenvalue weighted by Gasteiger charge is -2.27. The Morgan fingerprint density at radius 1 is 0.923 bits per heavy atom. The fourth-order valence-corrected chi connectivity index (χ4v) is 0.418. The third kappa shape index (κ3) is 2.21. The van der Waals surface area contributed by atoms with Crippen molar-refractivity contribution in [2.24, 2.45) is 0 Å². The molecule has 0 aliphatic carbocycles. The molecular weight excluding hydrogens is 211 g/mol. The summed E-state index contributed by atoms with van der Waals surface area (Å²) in [6, 6.07) is 0. The molecule has 0 atom stereocenters. The molecule has 2 N–H and O–H groups in total. The first-order valence-electron chi connectivity index (χ1n) is 2.75. The third-order valence-electron chi connectivity index (χ3n) is 1.12. The molecule has 0 aliphatic heterocycles. The van der Waals surface area contributed by atoms with Gasteiger partial charge in [0.2, 0.25) is 0 Å². The molecule has 0 unspecified atom stereocenters. The van der Waals surface area contributed by atoms with E-state index < -0.39 is 24.6 Å². The molecule has 0 aromatic rings. The first kappa shape index (κ1) is 12.4. The number of alkyl halides is 7. The summed E-state index contributed by atoms with van der Waals surface area (Å²) in [5.74, 6) is -11.6. The van der Waals surface area contributed by atoms with Crippen LogP contribution in [0.3, 0.4) is 0 Å². The highest BCUT2D eigenvalue weighted by Gasteiger charge is 2.72. The van der Waals surface area contributed by atoms with Gasteiger partial charge in [0.25, 0.3) is 0 Å². The summed E-state index contributed by atoms with van der Waals surface area (Å²) < 4.78 is 81.7. The molecule has 0 rings (SSSR count). The summed E-state index contributed by atoms with van der Waals surface area (Å²) >= 11 is 0. The maximum atomic E-state index is 12.0. The van der Waals surface area contributed by atoms with Crippen LogP contribution in [0.4, 0.5) is 30.7 Å². The van der Waals surface area contributed by atoms with Gasteiger partial charge in [-0.15, -0.1) is 0 Å². The molecule has 13 heavy (non-hydrogen) atoms. The summed E-state index contributed by atoms with van der Waals surface area (Å²) in [4.78, 5) is 0. The number of halogens is 7. The molecule has 2 nitrogen and oxygen atoms in total. The Hall–Kier alpha value is -0.570. The monoisotopic (exact) mass is 215 g/mol. The van der Waals surface area contributed by atoms with Crippen LogP contribution in [0.2, 0.25) is 0 Å². The first-order chi connectivity index (χ1) is 5.56. The van der Waals surface area contributed by atoms with Crippen molar-refractivity contribution in [1.82, 2.24) is 5.48 Å². The molecule has 0 amide bonds. The number of hydrogen-bond acceptors (Lipinski definition) is 2. The lowest BCUT2D eigenvalue weighted by Crippen LogP contribution is -2.55. The number of hydrogen-bond donors (Lipinski definition) is 2. The molecule has 0 aromatic carbocycles. The maximum Gasteiger partial charge on any atom is 0.459 e. The van der Waals surface area contributed by atoms with Gasteiger partial charge in [0.15, 0.2) is 0 Å². The zero-order chi connectivity index (χ0) is 10.9. The Balaban J connectivity index is 4.81. The van der Waals surface area contributed by atoms with Crippen LogP contribution < -0.4 is 5.48 Å². The van der Waals surface area contributed by atoms with E-state index in [1.807, 2.05) is 0 Å². The normalized spacial score (nSPS) is 14.8. The van der Waals surface area contributed by atoms with Crippen molar-refractivity contribution in [3.05, 3.63) is 0 Å². The summed E-state index contributed by atoms with van der Waals surface area (Å²) in [5, 5.41) is 7.60. The van der Waals surface area contributed by atoms with Gasteiger partial charge in [-0.2, -0.15) is 36.2 Å². The smallest absolute Gasteiger partial charge is 0.317 e. The zero-order valence-electron chi connectivity index (χ0n) is 5.80. The van der Waals surface area contributed by atoms with Crippen molar-refractivity contribution in [3.63, 3.8) is 0 Å². The van der Waals surface area contributed by atoms with E-state index in [1.165, 1.54) is 0 Å². The van der Waals surface area contributed by atoms with Crippen LogP contribution in [0.1, 0.15) is 0 Å². The van der Waals surface area contributed by atoms with E-state index in [0.29, 0.717) is 5.48 Å². The molecule has 0 fully saturated rings. The van der Waals surface area contributed by atoms with E-state index in [9.17, 15) is 30.7 Å². The Labute approximate surface area is 67.3 Å².